The summed E-state index contributed by atoms with van der Waals surface area (Å²) in [5.74, 6) is 0. The van der Waals surface area contributed by atoms with E-state index in [2.05, 4.69) is 22.5 Å². The van der Waals surface area contributed by atoms with Gasteiger partial charge in [-0.25, -0.2) is 4.79 Å². The monoisotopic (exact) mass is 344 g/mol. The van der Waals surface area contributed by atoms with Crippen LogP contribution in [0.5, 0.6) is 0 Å². The van der Waals surface area contributed by atoms with Crippen LogP contribution in [0.3, 0.4) is 0 Å². The summed E-state index contributed by atoms with van der Waals surface area (Å²) >= 11 is 0. The highest BCUT2D eigenvalue weighted by Gasteiger charge is 2.24. The third-order valence-electron chi connectivity index (χ3n) is 3.89. The van der Waals surface area contributed by atoms with Gasteiger partial charge in [0.2, 0.25) is 0 Å². The molecule has 0 bridgehead atoms. The first-order valence-corrected chi connectivity index (χ1v) is 8.48. The van der Waals surface area contributed by atoms with E-state index in [4.69, 9.17) is 10.5 Å². The Morgan fingerprint density at radius 1 is 1.28 bits per heavy atom. The van der Waals surface area contributed by atoms with Crippen LogP contribution in [-0.2, 0) is 11.3 Å². The van der Waals surface area contributed by atoms with Crippen molar-refractivity contribution in [1.29, 1.82) is 0 Å². The van der Waals surface area contributed by atoms with Crippen LogP contribution in [0.1, 0.15) is 49.3 Å². The van der Waals surface area contributed by atoms with Crippen molar-refractivity contribution >= 4 is 6.09 Å². The molecule has 0 aliphatic carbocycles. The predicted octanol–water partition coefficient (Wildman–Crippen LogP) is 3.07. The number of aromatic nitrogens is 2. The fourth-order valence-electron chi connectivity index (χ4n) is 2.82. The molecule has 6 heteroatoms. The Kier molecular flexibility index (Phi) is 5.85. The van der Waals surface area contributed by atoms with Crippen molar-refractivity contribution in [2.45, 2.75) is 52.8 Å². The van der Waals surface area contributed by atoms with Crippen LogP contribution in [0.2, 0.25) is 0 Å². The number of carbonyl (C=O) groups is 1. The molecule has 2 rings (SSSR count). The molecule has 3 N–H and O–H groups in total. The molecule has 1 atom stereocenters. The van der Waals surface area contributed by atoms with Gasteiger partial charge in [0, 0.05) is 17.8 Å². The van der Waals surface area contributed by atoms with Crippen molar-refractivity contribution in [2.75, 3.05) is 6.54 Å². The molecule has 1 amide bonds. The van der Waals surface area contributed by atoms with E-state index in [1.54, 1.807) is 0 Å². The molecule has 0 spiro atoms. The lowest BCUT2D eigenvalue weighted by atomic mass is 10.1. The summed E-state index contributed by atoms with van der Waals surface area (Å²) in [4.78, 5) is 12.1. The molecule has 1 aromatic carbocycles. The van der Waals surface area contributed by atoms with E-state index in [0.29, 0.717) is 6.54 Å². The van der Waals surface area contributed by atoms with Gasteiger partial charge in [0.1, 0.15) is 5.60 Å². The lowest BCUT2D eigenvalue weighted by Crippen LogP contribution is -2.38. The summed E-state index contributed by atoms with van der Waals surface area (Å²) in [6.45, 7) is 10.4. The SMILES string of the molecule is Cc1nn(Cc2ccccc2)c(C)c1C(CN)NC(=O)OC(C)(C)C. The van der Waals surface area contributed by atoms with Crippen LogP contribution in [0, 0.1) is 13.8 Å². The second kappa shape index (κ2) is 7.70. The molecule has 0 saturated carbocycles. The number of hydrogen-bond acceptors (Lipinski definition) is 4. The highest BCUT2D eigenvalue weighted by atomic mass is 16.6. The maximum Gasteiger partial charge on any atom is 0.408 e. The summed E-state index contributed by atoms with van der Waals surface area (Å²) < 4.78 is 7.28. The molecule has 0 radical (unpaired) electrons. The summed E-state index contributed by atoms with van der Waals surface area (Å²) in [6, 6.07) is 9.80. The van der Waals surface area contributed by atoms with E-state index in [1.165, 1.54) is 5.56 Å². The van der Waals surface area contributed by atoms with E-state index in [9.17, 15) is 4.79 Å². The van der Waals surface area contributed by atoms with Crippen LogP contribution in [0.15, 0.2) is 30.3 Å². The van der Waals surface area contributed by atoms with Crippen molar-refractivity contribution in [3.63, 3.8) is 0 Å². The second-order valence-corrected chi connectivity index (χ2v) is 7.16. The van der Waals surface area contributed by atoms with E-state index in [1.807, 2.05) is 57.5 Å². The number of nitrogens with one attached hydrogen (secondary N) is 1. The predicted molar refractivity (Wildman–Crippen MR) is 98.4 cm³/mol. The molecule has 2 aromatic rings. The van der Waals surface area contributed by atoms with Crippen molar-refractivity contribution in [2.24, 2.45) is 5.73 Å². The molecule has 0 aliphatic rings. The van der Waals surface area contributed by atoms with Gasteiger partial charge in [0.25, 0.3) is 0 Å². The van der Waals surface area contributed by atoms with E-state index in [0.717, 1.165) is 17.0 Å². The molecule has 25 heavy (non-hydrogen) atoms. The lowest BCUT2D eigenvalue weighted by molar-refractivity contribution is 0.0505. The van der Waals surface area contributed by atoms with Crippen molar-refractivity contribution in [1.82, 2.24) is 15.1 Å². The highest BCUT2D eigenvalue weighted by Crippen LogP contribution is 2.22. The third-order valence-corrected chi connectivity index (χ3v) is 3.89. The Bertz CT molecular complexity index is 717. The smallest absolute Gasteiger partial charge is 0.408 e. The zero-order valence-corrected chi connectivity index (χ0v) is 15.7. The maximum absolute atomic E-state index is 12.1. The topological polar surface area (TPSA) is 82.2 Å². The Morgan fingerprint density at radius 3 is 2.48 bits per heavy atom. The summed E-state index contributed by atoms with van der Waals surface area (Å²) in [7, 11) is 0. The summed E-state index contributed by atoms with van der Waals surface area (Å²) in [5.41, 5.74) is 9.33. The van der Waals surface area contributed by atoms with Gasteiger partial charge in [-0.1, -0.05) is 30.3 Å². The van der Waals surface area contributed by atoms with Crippen LogP contribution < -0.4 is 11.1 Å². The number of alkyl carbamates (subject to hydrolysis) is 1. The molecule has 0 aliphatic heterocycles. The zero-order chi connectivity index (χ0) is 18.6. The average Bonchev–Trinajstić information content (AvgIpc) is 2.78. The lowest BCUT2D eigenvalue weighted by Gasteiger charge is -2.23. The van der Waals surface area contributed by atoms with Gasteiger partial charge in [0.15, 0.2) is 0 Å². The fraction of sp³-hybridized carbons (Fsp3) is 0.474. The minimum Gasteiger partial charge on any atom is -0.444 e. The number of benzene rings is 1. The van der Waals surface area contributed by atoms with Crippen LogP contribution in [0.25, 0.3) is 0 Å². The Hall–Kier alpha value is -2.34. The standard InChI is InChI=1S/C19H28N4O2/c1-13-17(16(11-20)21-18(24)25-19(3,4)5)14(2)23(22-13)12-15-9-7-6-8-10-15/h6-10,16H,11-12,20H2,1-5H3,(H,21,24). The van der Waals surface area contributed by atoms with Gasteiger partial charge in [-0.15, -0.1) is 0 Å². The quantitative estimate of drug-likeness (QED) is 0.873. The largest absolute Gasteiger partial charge is 0.444 e. The van der Waals surface area contributed by atoms with Crippen molar-refractivity contribution in [3.05, 3.63) is 52.8 Å². The Morgan fingerprint density at radius 2 is 1.92 bits per heavy atom. The number of nitrogens with zero attached hydrogens (tertiary/aromatic N) is 2. The first-order chi connectivity index (χ1) is 11.7. The van der Waals surface area contributed by atoms with Gasteiger partial charge in [0.05, 0.1) is 18.3 Å². The Balaban J connectivity index is 2.20. The minimum absolute atomic E-state index is 0.276. The number of carbonyl (C=O) groups excluding carboxylic acids is 1. The van der Waals surface area contributed by atoms with Gasteiger partial charge >= 0.3 is 6.09 Å². The number of aryl methyl sites for hydroxylation is 1. The van der Waals surface area contributed by atoms with E-state index < -0.39 is 11.7 Å². The number of rotatable bonds is 5. The van der Waals surface area contributed by atoms with Gasteiger partial charge in [-0.05, 0) is 40.2 Å². The summed E-state index contributed by atoms with van der Waals surface area (Å²) in [6.07, 6.45) is -0.474. The molecule has 1 heterocycles. The number of hydrogen-bond donors (Lipinski definition) is 2. The zero-order valence-electron chi connectivity index (χ0n) is 15.7. The van der Waals surface area contributed by atoms with Crippen molar-refractivity contribution in [3.8, 4) is 0 Å². The van der Waals surface area contributed by atoms with Crippen molar-refractivity contribution < 1.29 is 9.53 Å². The third kappa shape index (κ3) is 5.06. The molecule has 0 saturated heterocycles. The second-order valence-electron chi connectivity index (χ2n) is 7.16. The molecule has 1 unspecified atom stereocenters. The molecule has 1 aromatic heterocycles. The normalized spacial score (nSPS) is 12.7. The van der Waals surface area contributed by atoms with Gasteiger partial charge in [-0.2, -0.15) is 5.10 Å². The average molecular weight is 344 g/mol. The van der Waals surface area contributed by atoms with E-state index in [-0.39, 0.29) is 12.6 Å². The number of ether oxygens (including phenoxy) is 1. The van der Waals surface area contributed by atoms with Crippen LogP contribution >= 0.6 is 0 Å². The summed E-state index contributed by atoms with van der Waals surface area (Å²) in [5, 5.41) is 7.48. The number of amides is 1. The maximum atomic E-state index is 12.1. The Labute approximate surface area is 149 Å². The molecular formula is C19H28N4O2. The number of nitrogens with two attached hydrogens (primary N) is 1. The molecule has 6 nitrogen and oxygen atoms in total. The highest BCUT2D eigenvalue weighted by molar-refractivity contribution is 5.68. The van der Waals surface area contributed by atoms with E-state index >= 15 is 0 Å². The first-order valence-electron chi connectivity index (χ1n) is 8.48. The minimum atomic E-state index is -0.551. The molecule has 0 fully saturated rings. The van der Waals surface area contributed by atoms with Gasteiger partial charge < -0.3 is 15.8 Å². The molecular weight excluding hydrogens is 316 g/mol. The van der Waals surface area contributed by atoms with Gasteiger partial charge in [-0.3, -0.25) is 4.68 Å². The fourth-order valence-corrected chi connectivity index (χ4v) is 2.82. The first kappa shape index (κ1) is 19.0. The van der Waals surface area contributed by atoms with Crippen LogP contribution in [0.4, 0.5) is 4.79 Å². The molecule has 136 valence electrons. The van der Waals surface area contributed by atoms with Crippen LogP contribution in [-0.4, -0.2) is 28.0 Å².